The van der Waals surface area contributed by atoms with Crippen LogP contribution in [0.1, 0.15) is 30.7 Å². The molecule has 1 rings (SSSR count). The molecule has 1 heterocycles. The van der Waals surface area contributed by atoms with Gasteiger partial charge in [0.25, 0.3) is 0 Å². The van der Waals surface area contributed by atoms with Gasteiger partial charge in [0.15, 0.2) is 5.12 Å². The summed E-state index contributed by atoms with van der Waals surface area (Å²) >= 11 is 1.09. The molecule has 1 aromatic heterocycles. The monoisotopic (exact) mass is 273 g/mol. The van der Waals surface area contributed by atoms with Gasteiger partial charge < -0.3 is 10.2 Å². The average Bonchev–Trinajstić information content (AvgIpc) is 2.27. The molecule has 0 aliphatic heterocycles. The minimum atomic E-state index is -1.12. The molecule has 0 bridgehead atoms. The van der Waals surface area contributed by atoms with Gasteiger partial charge in [-0.15, -0.1) is 0 Å². The molecule has 0 saturated heterocycles. The summed E-state index contributed by atoms with van der Waals surface area (Å²) in [6, 6.07) is 2.55. The van der Waals surface area contributed by atoms with Crippen LogP contribution >= 0.6 is 11.8 Å². The maximum atomic E-state index is 12.8. The first-order valence-electron chi connectivity index (χ1n) is 5.54. The number of aliphatic hydroxyl groups is 2. The van der Waals surface area contributed by atoms with Gasteiger partial charge in [-0.2, -0.15) is 4.39 Å². The lowest BCUT2D eigenvalue weighted by Crippen LogP contribution is -2.20. The lowest BCUT2D eigenvalue weighted by molar-refractivity contribution is -0.109. The van der Waals surface area contributed by atoms with Crippen LogP contribution in [0, 0.1) is 12.9 Å². The fourth-order valence-electron chi connectivity index (χ4n) is 1.54. The van der Waals surface area contributed by atoms with Gasteiger partial charge in [-0.1, -0.05) is 11.8 Å². The highest BCUT2D eigenvalue weighted by atomic mass is 32.2. The Morgan fingerprint density at radius 3 is 2.72 bits per heavy atom. The number of thioether (sulfide) groups is 1. The first-order valence-corrected chi connectivity index (χ1v) is 6.53. The van der Waals surface area contributed by atoms with Crippen molar-refractivity contribution in [3.05, 3.63) is 29.3 Å². The lowest BCUT2D eigenvalue weighted by Gasteiger charge is -2.19. The van der Waals surface area contributed by atoms with E-state index in [0.717, 1.165) is 17.8 Å². The molecular formula is C12H16FNO3S. The Balaban J connectivity index is 2.62. The van der Waals surface area contributed by atoms with Crippen LogP contribution in [0.15, 0.2) is 12.1 Å². The highest BCUT2D eigenvalue weighted by molar-refractivity contribution is 8.13. The number of pyridine rings is 1. The summed E-state index contributed by atoms with van der Waals surface area (Å²) in [5.41, 5.74) is 0.748. The number of aryl methyl sites for hydroxylation is 1. The maximum Gasteiger partial charge on any atom is 0.213 e. The van der Waals surface area contributed by atoms with Crippen LogP contribution in [-0.4, -0.2) is 32.2 Å². The third-order valence-corrected chi connectivity index (χ3v) is 3.34. The van der Waals surface area contributed by atoms with Crippen molar-refractivity contribution in [1.29, 1.82) is 0 Å². The number of aliphatic hydroxyl groups excluding tert-OH is 2. The molecule has 0 amide bonds. The molecule has 1 aromatic rings. The minimum absolute atomic E-state index is 0.0312. The first kappa shape index (κ1) is 15.1. The van der Waals surface area contributed by atoms with Crippen molar-refractivity contribution in [3.63, 3.8) is 0 Å². The Morgan fingerprint density at radius 2 is 2.17 bits per heavy atom. The summed E-state index contributed by atoms with van der Waals surface area (Å²) in [5, 5.41) is 19.7. The predicted octanol–water partition coefficient (Wildman–Crippen LogP) is 1.59. The lowest BCUT2D eigenvalue weighted by atomic mass is 10.0. The molecule has 6 heteroatoms. The molecule has 2 atom stereocenters. The normalized spacial score (nSPS) is 14.3. The van der Waals surface area contributed by atoms with Gasteiger partial charge in [-0.25, -0.2) is 4.98 Å². The summed E-state index contributed by atoms with van der Waals surface area (Å²) in [4.78, 5) is 14.3. The zero-order valence-electron chi connectivity index (χ0n) is 10.3. The largest absolute Gasteiger partial charge is 0.390 e. The fraction of sp³-hybridized carbons (Fsp3) is 0.500. The third-order valence-electron chi connectivity index (χ3n) is 2.49. The number of aromatic nitrogens is 1. The number of nitrogens with zero attached hydrogens (tertiary/aromatic N) is 1. The third kappa shape index (κ3) is 4.36. The molecule has 100 valence electrons. The fourth-order valence-corrected chi connectivity index (χ4v) is 2.19. The zero-order valence-corrected chi connectivity index (χ0v) is 11.1. The summed E-state index contributed by atoms with van der Waals surface area (Å²) < 4.78 is 12.8. The van der Waals surface area contributed by atoms with Crippen molar-refractivity contribution < 1.29 is 19.4 Å². The minimum Gasteiger partial charge on any atom is -0.390 e. The molecule has 4 nitrogen and oxygen atoms in total. The van der Waals surface area contributed by atoms with Crippen LogP contribution < -0.4 is 0 Å². The summed E-state index contributed by atoms with van der Waals surface area (Å²) in [6.07, 6.45) is -1.84. The van der Waals surface area contributed by atoms with Crippen LogP contribution in [0.2, 0.25) is 0 Å². The molecular weight excluding hydrogens is 257 g/mol. The molecule has 2 unspecified atom stereocenters. The van der Waals surface area contributed by atoms with Gasteiger partial charge in [-0.3, -0.25) is 4.79 Å². The highest BCUT2D eigenvalue weighted by Gasteiger charge is 2.20. The van der Waals surface area contributed by atoms with Gasteiger partial charge >= 0.3 is 0 Å². The van der Waals surface area contributed by atoms with E-state index in [9.17, 15) is 19.4 Å². The van der Waals surface area contributed by atoms with E-state index < -0.39 is 18.2 Å². The topological polar surface area (TPSA) is 70.4 Å². The van der Waals surface area contributed by atoms with Crippen LogP contribution in [0.3, 0.4) is 0 Å². The smallest absolute Gasteiger partial charge is 0.213 e. The van der Waals surface area contributed by atoms with E-state index in [1.165, 1.54) is 13.0 Å². The number of hydrogen-bond acceptors (Lipinski definition) is 5. The quantitative estimate of drug-likeness (QED) is 0.797. The Bertz CT molecular complexity index is 428. The number of rotatable bonds is 5. The van der Waals surface area contributed by atoms with E-state index in [4.69, 9.17) is 0 Å². The van der Waals surface area contributed by atoms with Gasteiger partial charge in [0.05, 0.1) is 6.10 Å². The zero-order chi connectivity index (χ0) is 13.7. The second-order valence-electron chi connectivity index (χ2n) is 3.95. The van der Waals surface area contributed by atoms with Gasteiger partial charge in [0.2, 0.25) is 5.95 Å². The highest BCUT2D eigenvalue weighted by Crippen LogP contribution is 2.22. The van der Waals surface area contributed by atoms with Crippen molar-refractivity contribution in [3.8, 4) is 0 Å². The molecule has 0 spiro atoms. The number of carbonyl (C=O) groups is 1. The first-order chi connectivity index (χ1) is 8.41. The van der Waals surface area contributed by atoms with Crippen LogP contribution in [0.5, 0.6) is 0 Å². The van der Waals surface area contributed by atoms with E-state index >= 15 is 0 Å². The SMILES string of the molecule is CC(=O)SCCC(O)C(O)c1ccc(F)nc1C. The van der Waals surface area contributed by atoms with Gasteiger partial charge in [0, 0.05) is 23.9 Å². The average molecular weight is 273 g/mol. The molecule has 2 N–H and O–H groups in total. The van der Waals surface area contributed by atoms with E-state index in [2.05, 4.69) is 4.98 Å². The van der Waals surface area contributed by atoms with E-state index in [-0.39, 0.29) is 11.5 Å². The Kier molecular flexibility index (Phi) is 5.71. The van der Waals surface area contributed by atoms with Crippen LogP contribution in [-0.2, 0) is 4.79 Å². The molecule has 0 radical (unpaired) electrons. The van der Waals surface area contributed by atoms with E-state index in [0.29, 0.717) is 17.0 Å². The number of hydrogen-bond donors (Lipinski definition) is 2. The summed E-state index contributed by atoms with van der Waals surface area (Å²) in [7, 11) is 0. The molecule has 18 heavy (non-hydrogen) atoms. The number of carbonyl (C=O) groups excluding carboxylic acids is 1. The molecule has 0 aliphatic carbocycles. The van der Waals surface area contributed by atoms with Crippen molar-refractivity contribution in [1.82, 2.24) is 4.98 Å². The summed E-state index contributed by atoms with van der Waals surface area (Å²) in [6.45, 7) is 3.01. The Labute approximate surface area is 109 Å². The van der Waals surface area contributed by atoms with Crippen molar-refractivity contribution >= 4 is 16.9 Å². The number of halogens is 1. The second-order valence-corrected chi connectivity index (χ2v) is 5.22. The molecule has 0 aliphatic rings. The van der Waals surface area contributed by atoms with Crippen LogP contribution in [0.25, 0.3) is 0 Å². The maximum absolute atomic E-state index is 12.8. The molecule has 0 saturated carbocycles. The van der Waals surface area contributed by atoms with Crippen molar-refractivity contribution in [2.24, 2.45) is 0 Å². The van der Waals surface area contributed by atoms with Crippen molar-refractivity contribution in [2.75, 3.05) is 5.75 Å². The Morgan fingerprint density at radius 1 is 1.50 bits per heavy atom. The van der Waals surface area contributed by atoms with E-state index in [1.54, 1.807) is 6.92 Å². The van der Waals surface area contributed by atoms with Crippen molar-refractivity contribution in [2.45, 2.75) is 32.5 Å². The molecule has 0 aromatic carbocycles. The standard InChI is InChI=1S/C12H16FNO3S/c1-7-9(3-4-11(13)14-7)12(17)10(16)5-6-18-8(2)15/h3-4,10,12,16-17H,5-6H2,1-2H3. The van der Waals surface area contributed by atoms with E-state index in [1.807, 2.05) is 0 Å². The van der Waals surface area contributed by atoms with Gasteiger partial charge in [-0.05, 0) is 25.5 Å². The van der Waals surface area contributed by atoms with Gasteiger partial charge in [0.1, 0.15) is 6.10 Å². The summed E-state index contributed by atoms with van der Waals surface area (Å²) in [5.74, 6) is -0.189. The molecule has 0 fully saturated rings. The second kappa shape index (κ2) is 6.82. The Hall–Kier alpha value is -0.980. The predicted molar refractivity (Wildman–Crippen MR) is 67.7 cm³/mol. The van der Waals surface area contributed by atoms with Crippen LogP contribution in [0.4, 0.5) is 4.39 Å².